The van der Waals surface area contributed by atoms with E-state index in [9.17, 15) is 9.90 Å². The number of carbonyl (C=O) groups is 1. The van der Waals surface area contributed by atoms with Crippen molar-refractivity contribution < 1.29 is 14.6 Å². The molecular weight excluding hydrogens is 384 g/mol. The van der Waals surface area contributed by atoms with Gasteiger partial charge in [0.1, 0.15) is 11.0 Å². The maximum Gasteiger partial charge on any atom is 0.320 e. The predicted molar refractivity (Wildman–Crippen MR) is 122 cm³/mol. The highest BCUT2D eigenvalue weighted by atomic mass is 16.5. The largest absolute Gasteiger partial charge is 0.465 e. The van der Waals surface area contributed by atoms with Crippen LogP contribution in [-0.2, 0) is 21.6 Å². The monoisotopic (exact) mass is 408 g/mol. The summed E-state index contributed by atoms with van der Waals surface area (Å²) in [5.74, 6) is -0.398. The lowest BCUT2D eigenvalue weighted by molar-refractivity contribution is -0.161. The van der Waals surface area contributed by atoms with E-state index in [4.69, 9.17) is 4.74 Å². The highest BCUT2D eigenvalue weighted by Crippen LogP contribution is 2.64. The minimum atomic E-state index is -1.54. The highest BCUT2D eigenvalue weighted by Gasteiger charge is 2.67. The van der Waals surface area contributed by atoms with E-state index in [-0.39, 0.29) is 6.61 Å². The van der Waals surface area contributed by atoms with E-state index >= 15 is 0 Å². The molecule has 0 aromatic heterocycles. The van der Waals surface area contributed by atoms with Gasteiger partial charge in [0.15, 0.2) is 0 Å². The van der Waals surface area contributed by atoms with Gasteiger partial charge in [-0.2, -0.15) is 0 Å². The van der Waals surface area contributed by atoms with Gasteiger partial charge in [0.2, 0.25) is 0 Å². The van der Waals surface area contributed by atoms with Crippen LogP contribution in [0.15, 0.2) is 97.1 Å². The minimum absolute atomic E-state index is 0.249. The molecule has 0 spiro atoms. The number of ether oxygens (including phenoxy) is 1. The van der Waals surface area contributed by atoms with Gasteiger partial charge in [-0.3, -0.25) is 4.79 Å². The van der Waals surface area contributed by atoms with Crippen molar-refractivity contribution in [2.75, 3.05) is 6.61 Å². The number of allylic oxidation sites excluding steroid dienone is 2. The van der Waals surface area contributed by atoms with Crippen LogP contribution in [0.1, 0.15) is 29.2 Å². The summed E-state index contributed by atoms with van der Waals surface area (Å²) < 4.78 is 5.65. The number of benzene rings is 3. The molecule has 3 nitrogen and oxygen atoms in total. The lowest BCUT2D eigenvalue weighted by Gasteiger charge is -2.46. The summed E-state index contributed by atoms with van der Waals surface area (Å²) in [7, 11) is 0. The molecule has 0 bridgehead atoms. The van der Waals surface area contributed by atoms with Gasteiger partial charge in [0, 0.05) is 0 Å². The maximum atomic E-state index is 13.8. The topological polar surface area (TPSA) is 46.5 Å². The number of rotatable bonds is 4. The van der Waals surface area contributed by atoms with E-state index < -0.39 is 17.0 Å². The summed E-state index contributed by atoms with van der Waals surface area (Å²) in [6.45, 7) is 2.05. The molecule has 3 heteroatoms. The molecule has 2 aliphatic carbocycles. The van der Waals surface area contributed by atoms with Crippen molar-refractivity contribution in [2.45, 2.75) is 18.9 Å². The Balaban J connectivity index is 1.86. The van der Waals surface area contributed by atoms with Crippen molar-refractivity contribution >= 4 is 17.1 Å². The molecule has 5 rings (SSSR count). The quantitative estimate of drug-likeness (QED) is 0.607. The number of esters is 1. The lowest BCUT2D eigenvalue weighted by atomic mass is 9.59. The third-order valence-electron chi connectivity index (χ3n) is 6.54. The second kappa shape index (κ2) is 7.36. The molecule has 0 unspecified atom stereocenters. The maximum absolute atomic E-state index is 13.8. The summed E-state index contributed by atoms with van der Waals surface area (Å²) in [4.78, 5) is 13.8. The van der Waals surface area contributed by atoms with Crippen LogP contribution in [0.5, 0.6) is 0 Å². The Morgan fingerprint density at radius 3 is 2.03 bits per heavy atom. The Kier molecular flexibility index (Phi) is 4.64. The molecule has 0 saturated carbocycles. The zero-order valence-electron chi connectivity index (χ0n) is 17.4. The molecule has 154 valence electrons. The smallest absolute Gasteiger partial charge is 0.320 e. The van der Waals surface area contributed by atoms with Crippen molar-refractivity contribution in [2.24, 2.45) is 5.41 Å². The number of hydrogen-bond donors (Lipinski definition) is 1. The SMILES string of the molecule is CCOC(=O)[C@]12Cc3ccccc3[C@@]1(O)C(c1ccccc1)=CC=C2c1ccccc1. The lowest BCUT2D eigenvalue weighted by Crippen LogP contribution is -2.52. The molecule has 2 aliphatic rings. The van der Waals surface area contributed by atoms with E-state index in [0.717, 1.165) is 27.8 Å². The van der Waals surface area contributed by atoms with Crippen LogP contribution in [0.2, 0.25) is 0 Å². The van der Waals surface area contributed by atoms with Gasteiger partial charge in [-0.05, 0) is 46.7 Å². The first-order valence-electron chi connectivity index (χ1n) is 10.6. The van der Waals surface area contributed by atoms with Crippen molar-refractivity contribution in [3.05, 3.63) is 119 Å². The first-order valence-corrected chi connectivity index (χ1v) is 10.6. The zero-order chi connectivity index (χ0) is 21.5. The Morgan fingerprint density at radius 2 is 1.39 bits per heavy atom. The van der Waals surface area contributed by atoms with Crippen molar-refractivity contribution in [3.63, 3.8) is 0 Å². The summed E-state index contributed by atoms with van der Waals surface area (Å²) in [6.07, 6.45) is 4.32. The van der Waals surface area contributed by atoms with Crippen molar-refractivity contribution in [3.8, 4) is 0 Å². The number of carbonyl (C=O) groups excluding carboxylic acids is 1. The standard InChI is InChI=1S/C28H24O3/c1-2-31-26(29)27-19-22-15-9-10-16-24(22)28(27,30)25(21-13-7-4-8-14-21)18-17-23(27)20-11-5-3-6-12-20/h3-18,30H,2,19H2,1H3/t27-,28-/m1/s1. The van der Waals surface area contributed by atoms with Crippen LogP contribution < -0.4 is 0 Å². The summed E-state index contributed by atoms with van der Waals surface area (Å²) in [6, 6.07) is 27.4. The number of fused-ring (bicyclic) bond motifs is 3. The molecule has 0 fully saturated rings. The van der Waals surface area contributed by atoms with Crippen LogP contribution in [0.3, 0.4) is 0 Å². The van der Waals surface area contributed by atoms with Gasteiger partial charge >= 0.3 is 5.97 Å². The molecule has 0 amide bonds. The van der Waals surface area contributed by atoms with Crippen LogP contribution in [0, 0.1) is 5.41 Å². The molecule has 3 aromatic rings. The third-order valence-corrected chi connectivity index (χ3v) is 6.54. The van der Waals surface area contributed by atoms with E-state index in [1.807, 2.05) is 97.1 Å². The molecule has 0 saturated heterocycles. The fourth-order valence-corrected chi connectivity index (χ4v) is 5.23. The first kappa shape index (κ1) is 19.5. The van der Waals surface area contributed by atoms with E-state index in [0.29, 0.717) is 12.0 Å². The summed E-state index contributed by atoms with van der Waals surface area (Å²) in [5, 5.41) is 12.6. The molecule has 3 aromatic carbocycles. The van der Waals surface area contributed by atoms with Gasteiger partial charge in [-0.25, -0.2) is 0 Å². The van der Waals surface area contributed by atoms with Gasteiger partial charge in [0.05, 0.1) is 6.61 Å². The summed E-state index contributed by atoms with van der Waals surface area (Å²) in [5.41, 5.74) is 2.20. The molecule has 31 heavy (non-hydrogen) atoms. The average molecular weight is 408 g/mol. The Labute approximate surface area is 182 Å². The third kappa shape index (κ3) is 2.67. The van der Waals surface area contributed by atoms with Gasteiger partial charge in [-0.1, -0.05) is 97.1 Å². The van der Waals surface area contributed by atoms with Crippen molar-refractivity contribution in [1.82, 2.24) is 0 Å². The van der Waals surface area contributed by atoms with Gasteiger partial charge in [0.25, 0.3) is 0 Å². The second-order valence-corrected chi connectivity index (χ2v) is 8.06. The number of aliphatic hydroxyl groups is 1. The second-order valence-electron chi connectivity index (χ2n) is 8.06. The van der Waals surface area contributed by atoms with Crippen LogP contribution >= 0.6 is 0 Å². The van der Waals surface area contributed by atoms with Crippen LogP contribution in [0.4, 0.5) is 0 Å². The number of hydrogen-bond acceptors (Lipinski definition) is 3. The molecule has 2 atom stereocenters. The van der Waals surface area contributed by atoms with Gasteiger partial charge in [-0.15, -0.1) is 0 Å². The first-order chi connectivity index (χ1) is 15.1. The fraction of sp³-hybridized carbons (Fsp3) is 0.179. The summed E-state index contributed by atoms with van der Waals surface area (Å²) >= 11 is 0. The molecule has 1 N–H and O–H groups in total. The Hall–Kier alpha value is -3.43. The molecule has 0 heterocycles. The van der Waals surface area contributed by atoms with E-state index in [1.165, 1.54) is 0 Å². The van der Waals surface area contributed by atoms with Crippen LogP contribution in [0.25, 0.3) is 11.1 Å². The van der Waals surface area contributed by atoms with Gasteiger partial charge < -0.3 is 9.84 Å². The molecule has 0 radical (unpaired) electrons. The van der Waals surface area contributed by atoms with E-state index in [2.05, 4.69) is 0 Å². The predicted octanol–water partition coefficient (Wildman–Crippen LogP) is 5.16. The van der Waals surface area contributed by atoms with Crippen molar-refractivity contribution in [1.29, 1.82) is 0 Å². The molecule has 0 aliphatic heterocycles. The normalized spacial score (nSPS) is 23.9. The molecular formula is C28H24O3. The van der Waals surface area contributed by atoms with E-state index in [1.54, 1.807) is 6.92 Å². The Morgan fingerprint density at radius 1 is 0.839 bits per heavy atom. The van der Waals surface area contributed by atoms with Crippen LogP contribution in [-0.4, -0.2) is 17.7 Å². The minimum Gasteiger partial charge on any atom is -0.465 e. The zero-order valence-corrected chi connectivity index (χ0v) is 17.4. The highest BCUT2D eigenvalue weighted by molar-refractivity contribution is 6.03. The Bertz CT molecular complexity index is 1190. The fourth-order valence-electron chi connectivity index (χ4n) is 5.23. The average Bonchev–Trinajstić information content (AvgIpc) is 3.10.